The van der Waals surface area contributed by atoms with Crippen LogP contribution in [-0.4, -0.2) is 38.2 Å². The summed E-state index contributed by atoms with van der Waals surface area (Å²) in [6.45, 7) is 12.1. The third-order valence-corrected chi connectivity index (χ3v) is 6.91. The smallest absolute Gasteiger partial charge is 0.223 e. The van der Waals surface area contributed by atoms with E-state index in [1.807, 2.05) is 20.8 Å². The second-order valence-electron chi connectivity index (χ2n) is 6.13. The van der Waals surface area contributed by atoms with Crippen molar-refractivity contribution in [3.05, 3.63) is 33.4 Å². The molecule has 1 aromatic rings. The molecule has 1 rings (SSSR count). The van der Waals surface area contributed by atoms with Crippen LogP contribution in [0.1, 0.15) is 63.3 Å². The summed E-state index contributed by atoms with van der Waals surface area (Å²) in [6.07, 6.45) is 2.49. The van der Waals surface area contributed by atoms with Crippen LogP contribution in [0.3, 0.4) is 0 Å². The van der Waals surface area contributed by atoms with Crippen molar-refractivity contribution in [2.24, 2.45) is 0 Å². The lowest BCUT2D eigenvalue weighted by molar-refractivity contribution is -0.127. The van der Waals surface area contributed by atoms with Crippen molar-refractivity contribution in [1.82, 2.24) is 14.9 Å². The summed E-state index contributed by atoms with van der Waals surface area (Å²) in [7, 11) is 3.41. The highest BCUT2D eigenvalue weighted by Gasteiger charge is 2.19. The second-order valence-corrected chi connectivity index (χ2v) is 8.64. The topological polar surface area (TPSA) is 66.3 Å². The van der Waals surface area contributed by atoms with Crippen molar-refractivity contribution in [3.63, 3.8) is 0 Å². The Balaban J connectivity index is 3.15. The largest absolute Gasteiger partial charge is 0.396 e. The number of carbonyl (C=O) groups excluding carboxylic acids is 1. The van der Waals surface area contributed by atoms with Crippen molar-refractivity contribution in [2.45, 2.75) is 67.3 Å². The Hall–Kier alpha value is -1.05. The van der Waals surface area contributed by atoms with Crippen molar-refractivity contribution in [1.29, 1.82) is 0 Å². The van der Waals surface area contributed by atoms with Gasteiger partial charge >= 0.3 is 0 Å². The van der Waals surface area contributed by atoms with E-state index in [2.05, 4.69) is 23.8 Å². The van der Waals surface area contributed by atoms with Crippen molar-refractivity contribution < 1.29 is 9.90 Å². The molecule has 0 aliphatic carbocycles. The van der Waals surface area contributed by atoms with Gasteiger partial charge < -0.3 is 10.0 Å². The highest BCUT2D eigenvalue weighted by Crippen LogP contribution is 2.36. The number of carbonyl (C=O) groups is 1. The molecule has 5 nitrogen and oxygen atoms in total. The Labute approximate surface area is 165 Å². The average Bonchev–Trinajstić information content (AvgIpc) is 2.60. The number of aliphatic hydroxyl groups excluding tert-OH is 1. The van der Waals surface area contributed by atoms with Gasteiger partial charge in [0.15, 0.2) is 0 Å². The van der Waals surface area contributed by atoms with E-state index in [1.54, 1.807) is 33.4 Å². The van der Waals surface area contributed by atoms with Crippen LogP contribution in [0.2, 0.25) is 0 Å². The Morgan fingerprint density at radius 3 is 2.27 bits per heavy atom. The van der Waals surface area contributed by atoms with Gasteiger partial charge in [-0.25, -0.2) is 0 Å². The minimum atomic E-state index is -0.0301. The van der Waals surface area contributed by atoms with E-state index in [4.69, 9.17) is 0 Å². The number of hydrogen-bond acceptors (Lipinski definition) is 6. The minimum absolute atomic E-state index is 0.0301. The van der Waals surface area contributed by atoms with Crippen molar-refractivity contribution in [3.8, 4) is 0 Å². The lowest BCUT2D eigenvalue weighted by Crippen LogP contribution is -2.28. The quantitative estimate of drug-likeness (QED) is 0.466. The molecule has 1 aromatic heterocycles. The number of rotatable bonds is 10. The Morgan fingerprint density at radius 2 is 1.73 bits per heavy atom. The molecular weight excluding hydrogens is 366 g/mol. The molecule has 0 aliphatic heterocycles. The van der Waals surface area contributed by atoms with Gasteiger partial charge in [-0.1, -0.05) is 35.4 Å². The Morgan fingerprint density at radius 1 is 1.12 bits per heavy atom. The molecule has 0 fully saturated rings. The zero-order valence-electron chi connectivity index (χ0n) is 16.8. The van der Waals surface area contributed by atoms with E-state index >= 15 is 0 Å². The maximum Gasteiger partial charge on any atom is 0.223 e. The number of hydrogen-bond donors (Lipinski definition) is 1. The van der Waals surface area contributed by atoms with Crippen LogP contribution in [0.15, 0.2) is 10.6 Å². The van der Waals surface area contributed by atoms with Gasteiger partial charge in [-0.3, -0.25) is 14.8 Å². The molecular formula is C19H31N3O2S2. The van der Waals surface area contributed by atoms with Crippen molar-refractivity contribution >= 4 is 27.5 Å². The van der Waals surface area contributed by atoms with Crippen LogP contribution in [0.25, 0.3) is 0 Å². The number of aromatic nitrogens is 2. The molecule has 0 atom stereocenters. The molecule has 0 unspecified atom stereocenters. The van der Waals surface area contributed by atoms with Gasteiger partial charge in [0.25, 0.3) is 0 Å². The molecule has 7 heteroatoms. The summed E-state index contributed by atoms with van der Waals surface area (Å²) in [5.41, 5.74) is 4.49. The van der Waals surface area contributed by atoms with Crippen LogP contribution in [-0.2, 0) is 17.8 Å². The van der Waals surface area contributed by atoms with E-state index in [9.17, 15) is 9.90 Å². The molecule has 0 saturated carbocycles. The summed E-state index contributed by atoms with van der Waals surface area (Å²) < 4.78 is 0. The molecule has 1 heterocycles. The average molecular weight is 398 g/mol. The molecule has 0 aliphatic rings. The maximum absolute atomic E-state index is 12.3. The normalized spacial score (nSPS) is 12.1. The van der Waals surface area contributed by atoms with Crippen LogP contribution in [0, 0.1) is 13.8 Å². The number of aliphatic hydroxyl groups is 1. The molecule has 0 bridgehead atoms. The molecule has 0 aromatic carbocycles. The maximum atomic E-state index is 12.3. The molecule has 0 radical (unpaired) electrons. The number of nitrogens with zero attached hydrogens (tertiary/aromatic N) is 3. The van der Waals surface area contributed by atoms with E-state index < -0.39 is 0 Å². The van der Waals surface area contributed by atoms with E-state index in [-0.39, 0.29) is 12.5 Å². The zero-order chi connectivity index (χ0) is 19.7. The fourth-order valence-corrected chi connectivity index (χ4v) is 5.11. The van der Waals surface area contributed by atoms with E-state index in [0.717, 1.165) is 52.0 Å². The second kappa shape index (κ2) is 11.6. The van der Waals surface area contributed by atoms with Gasteiger partial charge in [0.05, 0.1) is 29.3 Å². The summed E-state index contributed by atoms with van der Waals surface area (Å²) in [4.78, 5) is 24.4. The molecule has 0 saturated heterocycles. The van der Waals surface area contributed by atoms with E-state index in [1.165, 1.54) is 0 Å². The number of amides is 1. The lowest BCUT2D eigenvalue weighted by Gasteiger charge is -2.25. The predicted molar refractivity (Wildman–Crippen MR) is 112 cm³/mol. The fraction of sp³-hybridized carbons (Fsp3) is 0.632. The first-order valence-electron chi connectivity index (χ1n) is 9.06. The highest BCUT2D eigenvalue weighted by molar-refractivity contribution is 8.78. The molecule has 0 spiro atoms. The van der Waals surface area contributed by atoms with Gasteiger partial charge in [0.1, 0.15) is 0 Å². The van der Waals surface area contributed by atoms with Crippen LogP contribution < -0.4 is 0 Å². The Bertz CT molecular complexity index is 648. The SMILES string of the molecule is CCCSS/C(CCO)=C(/C)N(Cc1nc(C)c(CC)nc1C)C(C)=O. The predicted octanol–water partition coefficient (Wildman–Crippen LogP) is 4.41. The molecule has 146 valence electrons. The third-order valence-electron chi connectivity index (χ3n) is 4.06. The monoisotopic (exact) mass is 397 g/mol. The first-order chi connectivity index (χ1) is 12.3. The first-order valence-corrected chi connectivity index (χ1v) is 11.4. The summed E-state index contributed by atoms with van der Waals surface area (Å²) >= 11 is 0. The zero-order valence-corrected chi connectivity index (χ0v) is 18.4. The van der Waals surface area contributed by atoms with Crippen LogP contribution in [0.5, 0.6) is 0 Å². The van der Waals surface area contributed by atoms with Crippen LogP contribution >= 0.6 is 21.6 Å². The Kier molecular flexibility index (Phi) is 10.3. The van der Waals surface area contributed by atoms with Gasteiger partial charge in [0, 0.05) is 36.3 Å². The summed E-state index contributed by atoms with van der Waals surface area (Å²) in [5.74, 6) is 1.01. The van der Waals surface area contributed by atoms with Crippen molar-refractivity contribution in [2.75, 3.05) is 12.4 Å². The summed E-state index contributed by atoms with van der Waals surface area (Å²) in [5, 5.41) is 9.41. The van der Waals surface area contributed by atoms with Gasteiger partial charge in [0.2, 0.25) is 5.91 Å². The lowest BCUT2D eigenvalue weighted by atomic mass is 10.2. The standard InChI is InChI=1S/C19H31N3O2S2/c1-7-11-25-26-19(9-10-23)15(5)22(16(6)24)12-18-14(4)20-17(8-2)13(3)21-18/h23H,7-12H2,1-6H3/b19-15-. The molecule has 26 heavy (non-hydrogen) atoms. The highest BCUT2D eigenvalue weighted by atomic mass is 33.1. The minimum Gasteiger partial charge on any atom is -0.396 e. The molecule has 1 amide bonds. The van der Waals surface area contributed by atoms with Gasteiger partial charge in [-0.15, -0.1) is 0 Å². The summed E-state index contributed by atoms with van der Waals surface area (Å²) in [6, 6.07) is 0. The van der Waals surface area contributed by atoms with Crippen LogP contribution in [0.4, 0.5) is 0 Å². The fourth-order valence-electron chi connectivity index (χ4n) is 2.53. The van der Waals surface area contributed by atoms with Gasteiger partial charge in [-0.2, -0.15) is 0 Å². The van der Waals surface area contributed by atoms with E-state index in [0.29, 0.717) is 13.0 Å². The van der Waals surface area contributed by atoms with Gasteiger partial charge in [-0.05, 0) is 33.6 Å². The molecule has 1 N–H and O–H groups in total. The number of aryl methyl sites for hydroxylation is 3. The first kappa shape index (κ1) is 23.0. The number of allylic oxidation sites excluding steroid dienone is 1. The third kappa shape index (κ3) is 6.59.